The minimum atomic E-state index is 0.278. The van der Waals surface area contributed by atoms with E-state index in [2.05, 4.69) is 51.8 Å². The highest BCUT2D eigenvalue weighted by atomic mass is 15.2. The highest BCUT2D eigenvalue weighted by Crippen LogP contribution is 2.23. The molecular weight excluding hydrogens is 208 g/mol. The van der Waals surface area contributed by atoms with Crippen molar-refractivity contribution in [3.05, 3.63) is 0 Å². The van der Waals surface area contributed by atoms with Gasteiger partial charge in [0.05, 0.1) is 0 Å². The number of hydrogen-bond donors (Lipinski definition) is 1. The summed E-state index contributed by atoms with van der Waals surface area (Å²) in [5, 5.41) is 3.70. The van der Waals surface area contributed by atoms with Crippen molar-refractivity contribution in [2.45, 2.75) is 78.4 Å². The molecule has 0 amide bonds. The normalized spacial score (nSPS) is 29.3. The van der Waals surface area contributed by atoms with E-state index in [1.54, 1.807) is 0 Å². The van der Waals surface area contributed by atoms with Crippen LogP contribution in [0.25, 0.3) is 0 Å². The molecule has 1 rings (SSSR count). The predicted molar refractivity (Wildman–Crippen MR) is 76.4 cm³/mol. The first-order valence-electron chi connectivity index (χ1n) is 7.36. The molecule has 1 heterocycles. The van der Waals surface area contributed by atoms with Gasteiger partial charge in [-0.3, -0.25) is 4.90 Å². The van der Waals surface area contributed by atoms with Crippen molar-refractivity contribution in [2.24, 2.45) is 5.92 Å². The Bertz CT molecular complexity index is 225. The summed E-state index contributed by atoms with van der Waals surface area (Å²) in [7, 11) is 0. The van der Waals surface area contributed by atoms with E-state index in [-0.39, 0.29) is 5.54 Å². The van der Waals surface area contributed by atoms with Crippen LogP contribution in [0.4, 0.5) is 0 Å². The van der Waals surface area contributed by atoms with E-state index >= 15 is 0 Å². The Hall–Kier alpha value is -0.0800. The molecule has 0 radical (unpaired) electrons. The Kier molecular flexibility index (Phi) is 5.46. The number of hydrogen-bond acceptors (Lipinski definition) is 2. The average molecular weight is 240 g/mol. The van der Waals surface area contributed by atoms with Gasteiger partial charge in [0.15, 0.2) is 0 Å². The van der Waals surface area contributed by atoms with Gasteiger partial charge in [-0.2, -0.15) is 0 Å². The fraction of sp³-hybridized carbons (Fsp3) is 1.00. The Morgan fingerprint density at radius 1 is 1.35 bits per heavy atom. The van der Waals surface area contributed by atoms with Crippen LogP contribution < -0.4 is 5.32 Å². The third kappa shape index (κ3) is 4.59. The van der Waals surface area contributed by atoms with Crippen LogP contribution in [0.1, 0.15) is 60.8 Å². The summed E-state index contributed by atoms with van der Waals surface area (Å²) in [4.78, 5) is 2.68. The van der Waals surface area contributed by atoms with Gasteiger partial charge in [-0.25, -0.2) is 0 Å². The summed E-state index contributed by atoms with van der Waals surface area (Å²) in [5.74, 6) is 0.911. The maximum atomic E-state index is 3.70. The van der Waals surface area contributed by atoms with Crippen LogP contribution in [0.15, 0.2) is 0 Å². The summed E-state index contributed by atoms with van der Waals surface area (Å²) in [6, 6.07) is 1.41. The second-order valence-corrected chi connectivity index (χ2v) is 6.68. The van der Waals surface area contributed by atoms with Crippen LogP contribution in [0.2, 0.25) is 0 Å². The molecule has 3 unspecified atom stereocenters. The monoisotopic (exact) mass is 240 g/mol. The van der Waals surface area contributed by atoms with Gasteiger partial charge in [0, 0.05) is 24.2 Å². The Morgan fingerprint density at radius 3 is 2.53 bits per heavy atom. The minimum absolute atomic E-state index is 0.278. The van der Waals surface area contributed by atoms with E-state index in [0.717, 1.165) is 18.5 Å². The fourth-order valence-electron chi connectivity index (χ4n) is 2.75. The molecule has 0 aromatic rings. The summed E-state index contributed by atoms with van der Waals surface area (Å²) < 4.78 is 0. The summed E-state index contributed by atoms with van der Waals surface area (Å²) in [6.45, 7) is 16.4. The quantitative estimate of drug-likeness (QED) is 0.793. The topological polar surface area (TPSA) is 15.3 Å². The van der Waals surface area contributed by atoms with Crippen LogP contribution in [-0.4, -0.2) is 35.6 Å². The van der Waals surface area contributed by atoms with E-state index < -0.39 is 0 Å². The first-order valence-corrected chi connectivity index (χ1v) is 7.36. The smallest absolute Gasteiger partial charge is 0.0195 e. The van der Waals surface area contributed by atoms with Crippen molar-refractivity contribution in [1.29, 1.82) is 0 Å². The zero-order valence-electron chi connectivity index (χ0n) is 12.7. The first kappa shape index (κ1) is 15.0. The molecule has 1 fully saturated rings. The molecule has 2 nitrogen and oxygen atoms in total. The Balaban J connectivity index is 2.39. The van der Waals surface area contributed by atoms with Crippen molar-refractivity contribution in [3.8, 4) is 0 Å². The minimum Gasteiger partial charge on any atom is -0.310 e. The molecular formula is C15H32N2. The van der Waals surface area contributed by atoms with E-state index in [1.165, 1.54) is 25.8 Å². The molecule has 1 N–H and O–H groups in total. The van der Waals surface area contributed by atoms with Crippen molar-refractivity contribution in [1.82, 2.24) is 10.2 Å². The molecule has 1 aliphatic heterocycles. The largest absolute Gasteiger partial charge is 0.310 e. The van der Waals surface area contributed by atoms with E-state index in [9.17, 15) is 0 Å². The second kappa shape index (κ2) is 6.19. The zero-order chi connectivity index (χ0) is 13.1. The number of nitrogens with one attached hydrogen (secondary N) is 1. The van der Waals surface area contributed by atoms with Crippen molar-refractivity contribution in [2.75, 3.05) is 13.1 Å². The van der Waals surface area contributed by atoms with Gasteiger partial charge in [0.25, 0.3) is 0 Å². The summed E-state index contributed by atoms with van der Waals surface area (Å²) in [6.07, 6.45) is 3.92. The van der Waals surface area contributed by atoms with Crippen molar-refractivity contribution in [3.63, 3.8) is 0 Å². The summed E-state index contributed by atoms with van der Waals surface area (Å²) in [5.41, 5.74) is 0.278. The maximum absolute atomic E-state index is 3.70. The van der Waals surface area contributed by atoms with Gasteiger partial charge in [-0.05, 0) is 59.4 Å². The molecule has 0 aromatic heterocycles. The number of piperidine rings is 1. The molecule has 1 aliphatic rings. The fourth-order valence-corrected chi connectivity index (χ4v) is 2.75. The predicted octanol–water partition coefficient (Wildman–Crippen LogP) is 3.27. The van der Waals surface area contributed by atoms with Gasteiger partial charge < -0.3 is 5.32 Å². The Labute approximate surface area is 108 Å². The van der Waals surface area contributed by atoms with Crippen LogP contribution in [0.3, 0.4) is 0 Å². The van der Waals surface area contributed by atoms with Gasteiger partial charge in [0.2, 0.25) is 0 Å². The summed E-state index contributed by atoms with van der Waals surface area (Å²) >= 11 is 0. The Morgan fingerprint density at radius 2 is 2.00 bits per heavy atom. The van der Waals surface area contributed by atoms with Gasteiger partial charge in [0.1, 0.15) is 0 Å². The maximum Gasteiger partial charge on any atom is 0.0195 e. The van der Waals surface area contributed by atoms with E-state index in [1.807, 2.05) is 0 Å². The molecule has 0 aliphatic carbocycles. The number of rotatable bonds is 5. The molecule has 0 spiro atoms. The van der Waals surface area contributed by atoms with Crippen LogP contribution in [-0.2, 0) is 0 Å². The first-order chi connectivity index (χ1) is 7.85. The van der Waals surface area contributed by atoms with Crippen molar-refractivity contribution < 1.29 is 0 Å². The van der Waals surface area contributed by atoms with Crippen molar-refractivity contribution >= 4 is 0 Å². The molecule has 1 saturated heterocycles. The molecule has 2 heteroatoms. The van der Waals surface area contributed by atoms with Gasteiger partial charge in [-0.15, -0.1) is 0 Å². The van der Waals surface area contributed by atoms with Crippen LogP contribution in [0.5, 0.6) is 0 Å². The van der Waals surface area contributed by atoms with Gasteiger partial charge in [-0.1, -0.05) is 13.8 Å². The van der Waals surface area contributed by atoms with Crippen LogP contribution in [0, 0.1) is 5.92 Å². The highest BCUT2D eigenvalue weighted by molar-refractivity contribution is 4.84. The lowest BCUT2D eigenvalue weighted by atomic mass is 9.92. The lowest BCUT2D eigenvalue weighted by Crippen LogP contribution is -2.52. The molecule has 3 atom stereocenters. The molecule has 0 saturated carbocycles. The van der Waals surface area contributed by atoms with E-state index in [4.69, 9.17) is 0 Å². The second-order valence-electron chi connectivity index (χ2n) is 6.68. The van der Waals surface area contributed by atoms with E-state index in [0.29, 0.717) is 6.04 Å². The zero-order valence-corrected chi connectivity index (χ0v) is 12.7. The van der Waals surface area contributed by atoms with Crippen LogP contribution >= 0.6 is 0 Å². The highest BCUT2D eigenvalue weighted by Gasteiger charge is 2.27. The third-order valence-corrected chi connectivity index (χ3v) is 4.52. The molecule has 17 heavy (non-hydrogen) atoms. The lowest BCUT2D eigenvalue weighted by Gasteiger charge is -2.41. The average Bonchev–Trinajstić information content (AvgIpc) is 2.26. The SMILES string of the molecule is CCC(C)(C)NCC(C)N1CCC(C)CC1C. The molecule has 0 aromatic carbocycles. The standard InChI is InChI=1S/C15H32N2/c1-7-15(5,6)16-11-14(4)17-9-8-12(2)10-13(17)3/h12-14,16H,7-11H2,1-6H3. The lowest BCUT2D eigenvalue weighted by molar-refractivity contribution is 0.0850. The van der Waals surface area contributed by atoms with Gasteiger partial charge >= 0.3 is 0 Å². The third-order valence-electron chi connectivity index (χ3n) is 4.52. The number of nitrogens with zero attached hydrogens (tertiary/aromatic N) is 1. The molecule has 0 bridgehead atoms. The number of likely N-dealkylation sites (tertiary alicyclic amines) is 1. The molecule has 102 valence electrons.